The van der Waals surface area contributed by atoms with Gasteiger partial charge in [0.25, 0.3) is 0 Å². The Kier molecular flexibility index (Phi) is 3.63. The quantitative estimate of drug-likeness (QED) is 0.659. The van der Waals surface area contributed by atoms with Gasteiger partial charge in [-0.05, 0) is 29.0 Å². The Morgan fingerprint density at radius 2 is 2.46 bits per heavy atom. The molecule has 0 aliphatic heterocycles. The van der Waals surface area contributed by atoms with Gasteiger partial charge >= 0.3 is 5.97 Å². The number of rotatable bonds is 4. The molecule has 0 amide bonds. The van der Waals surface area contributed by atoms with Crippen molar-refractivity contribution in [2.24, 2.45) is 0 Å². The van der Waals surface area contributed by atoms with Crippen LogP contribution in [0.15, 0.2) is 0 Å². The van der Waals surface area contributed by atoms with Crippen LogP contribution in [0.5, 0.6) is 0 Å². The maximum Gasteiger partial charge on any atom is 0.307 e. The average molecular weight is 205 g/mol. The number of ether oxygens (including phenoxy) is 1. The van der Waals surface area contributed by atoms with E-state index in [0.717, 1.165) is 0 Å². The van der Waals surface area contributed by atoms with E-state index in [1.807, 2.05) is 0 Å². The number of aromatic nitrogens is 4. The van der Waals surface area contributed by atoms with Crippen molar-refractivity contribution in [3.8, 4) is 0 Å². The molecule has 0 aliphatic carbocycles. The summed E-state index contributed by atoms with van der Waals surface area (Å²) >= 11 is 5.58. The van der Waals surface area contributed by atoms with Crippen molar-refractivity contribution in [3.63, 3.8) is 0 Å². The first kappa shape index (κ1) is 9.91. The zero-order valence-corrected chi connectivity index (χ0v) is 7.86. The number of carbonyl (C=O) groups excluding carboxylic acids is 1. The molecule has 0 atom stereocenters. The summed E-state index contributed by atoms with van der Waals surface area (Å²) < 4.78 is 6.05. The Hall–Kier alpha value is -1.17. The summed E-state index contributed by atoms with van der Waals surface area (Å²) in [7, 11) is 0. The van der Waals surface area contributed by atoms with Gasteiger partial charge in [0.15, 0.2) is 0 Å². The van der Waals surface area contributed by atoms with Crippen molar-refractivity contribution in [2.75, 3.05) is 6.61 Å². The van der Waals surface area contributed by atoms with Crippen molar-refractivity contribution in [1.82, 2.24) is 20.2 Å². The van der Waals surface area contributed by atoms with E-state index in [4.69, 9.17) is 16.3 Å². The molecule has 0 saturated carbocycles. The molecule has 0 aromatic carbocycles. The number of aryl methyl sites for hydroxylation is 1. The summed E-state index contributed by atoms with van der Waals surface area (Å²) in [4.78, 5) is 10.9. The molecule has 1 aromatic heterocycles. The molecule has 1 aromatic rings. The van der Waals surface area contributed by atoms with Gasteiger partial charge in [-0.2, -0.15) is 0 Å². The summed E-state index contributed by atoms with van der Waals surface area (Å²) in [5.74, 6) is -0.283. The standard InChI is InChI=1S/C6H9ClN4O2/c1-2-13-5(12)3-4-11-6(7)8-9-10-11/h2-4H2,1H3. The topological polar surface area (TPSA) is 69.9 Å². The van der Waals surface area contributed by atoms with Gasteiger partial charge in [0.1, 0.15) is 0 Å². The van der Waals surface area contributed by atoms with Gasteiger partial charge in [0.2, 0.25) is 5.28 Å². The first-order chi connectivity index (χ1) is 6.24. The molecule has 6 nitrogen and oxygen atoms in total. The number of hydrogen-bond acceptors (Lipinski definition) is 5. The van der Waals surface area contributed by atoms with E-state index in [1.54, 1.807) is 6.92 Å². The van der Waals surface area contributed by atoms with Crippen molar-refractivity contribution in [3.05, 3.63) is 5.28 Å². The number of halogens is 1. The second-order valence-electron chi connectivity index (χ2n) is 2.23. The van der Waals surface area contributed by atoms with Crippen LogP contribution in [0.3, 0.4) is 0 Å². The predicted molar refractivity (Wildman–Crippen MR) is 44.1 cm³/mol. The molecule has 7 heteroatoms. The van der Waals surface area contributed by atoms with Crippen LogP contribution in [0.4, 0.5) is 0 Å². The van der Waals surface area contributed by atoms with Gasteiger partial charge in [0, 0.05) is 0 Å². The third-order valence-electron chi connectivity index (χ3n) is 1.32. The van der Waals surface area contributed by atoms with Gasteiger partial charge in [-0.1, -0.05) is 5.10 Å². The van der Waals surface area contributed by atoms with Crippen LogP contribution >= 0.6 is 11.6 Å². The van der Waals surface area contributed by atoms with Crippen molar-refractivity contribution >= 4 is 17.6 Å². The van der Waals surface area contributed by atoms with Gasteiger partial charge in [-0.15, -0.1) is 0 Å². The maximum atomic E-state index is 10.9. The van der Waals surface area contributed by atoms with E-state index in [1.165, 1.54) is 4.68 Å². The van der Waals surface area contributed by atoms with Crippen molar-refractivity contribution in [2.45, 2.75) is 19.9 Å². The Morgan fingerprint density at radius 1 is 1.69 bits per heavy atom. The van der Waals surface area contributed by atoms with Crippen LogP contribution in [0.1, 0.15) is 13.3 Å². The SMILES string of the molecule is CCOC(=O)CCn1nnnc1Cl. The summed E-state index contributed by atoms with van der Waals surface area (Å²) in [6.07, 6.45) is 0.221. The molecule has 0 N–H and O–H groups in total. The fourth-order valence-electron chi connectivity index (χ4n) is 0.761. The Bertz CT molecular complexity index is 288. The third kappa shape index (κ3) is 2.98. The van der Waals surface area contributed by atoms with Crippen LogP contribution in [0.2, 0.25) is 5.28 Å². The lowest BCUT2D eigenvalue weighted by molar-refractivity contribution is -0.143. The van der Waals surface area contributed by atoms with Crippen molar-refractivity contribution in [1.29, 1.82) is 0 Å². The Balaban J connectivity index is 2.35. The molecule has 1 rings (SSSR count). The zero-order valence-electron chi connectivity index (χ0n) is 7.10. The van der Waals surface area contributed by atoms with E-state index in [0.29, 0.717) is 13.2 Å². The number of hydrogen-bond donors (Lipinski definition) is 0. The summed E-state index contributed by atoms with van der Waals surface area (Å²) in [6, 6.07) is 0. The predicted octanol–water partition coefficient (Wildman–Crippen LogP) is 0.280. The van der Waals surface area contributed by atoms with Crippen LogP contribution in [-0.4, -0.2) is 32.8 Å². The first-order valence-corrected chi connectivity index (χ1v) is 4.19. The van der Waals surface area contributed by atoms with Gasteiger partial charge in [0.05, 0.1) is 19.6 Å². The molecule has 13 heavy (non-hydrogen) atoms. The average Bonchev–Trinajstić information content (AvgIpc) is 2.48. The van der Waals surface area contributed by atoms with Crippen LogP contribution in [0, 0.1) is 0 Å². The minimum Gasteiger partial charge on any atom is -0.466 e. The third-order valence-corrected chi connectivity index (χ3v) is 1.59. The zero-order chi connectivity index (χ0) is 9.68. The lowest BCUT2D eigenvalue weighted by Gasteiger charge is -2.00. The van der Waals surface area contributed by atoms with E-state index < -0.39 is 0 Å². The molecule has 0 radical (unpaired) electrons. The number of tetrazole rings is 1. The van der Waals surface area contributed by atoms with E-state index >= 15 is 0 Å². The number of carbonyl (C=O) groups is 1. The highest BCUT2D eigenvalue weighted by Crippen LogP contribution is 2.01. The molecule has 0 saturated heterocycles. The number of nitrogens with zero attached hydrogens (tertiary/aromatic N) is 4. The highest BCUT2D eigenvalue weighted by Gasteiger charge is 2.06. The first-order valence-electron chi connectivity index (χ1n) is 3.81. The normalized spacial score (nSPS) is 10.0. The van der Waals surface area contributed by atoms with Crippen molar-refractivity contribution < 1.29 is 9.53 Å². The molecular formula is C6H9ClN4O2. The van der Waals surface area contributed by atoms with Crippen LogP contribution in [0.25, 0.3) is 0 Å². The molecule has 72 valence electrons. The van der Waals surface area contributed by atoms with Gasteiger partial charge in [-0.3, -0.25) is 4.79 Å². The minimum absolute atomic E-state index is 0.171. The highest BCUT2D eigenvalue weighted by atomic mass is 35.5. The largest absolute Gasteiger partial charge is 0.466 e. The summed E-state index contributed by atoms with van der Waals surface area (Å²) in [5.41, 5.74) is 0. The monoisotopic (exact) mass is 204 g/mol. The molecule has 0 aliphatic rings. The molecule has 0 unspecified atom stereocenters. The molecule has 0 spiro atoms. The molecular weight excluding hydrogens is 196 g/mol. The fraction of sp³-hybridized carbons (Fsp3) is 0.667. The summed E-state index contributed by atoms with van der Waals surface area (Å²) in [5, 5.41) is 10.5. The van der Waals surface area contributed by atoms with E-state index in [-0.39, 0.29) is 17.7 Å². The highest BCUT2D eigenvalue weighted by molar-refractivity contribution is 6.28. The van der Waals surface area contributed by atoms with E-state index in [2.05, 4.69) is 15.5 Å². The second-order valence-corrected chi connectivity index (χ2v) is 2.56. The van der Waals surface area contributed by atoms with Gasteiger partial charge in [-0.25, -0.2) is 4.68 Å². The molecule has 0 bridgehead atoms. The minimum atomic E-state index is -0.283. The smallest absolute Gasteiger partial charge is 0.307 e. The lowest BCUT2D eigenvalue weighted by Crippen LogP contribution is -2.10. The van der Waals surface area contributed by atoms with Crippen LogP contribution < -0.4 is 0 Å². The maximum absolute atomic E-state index is 10.9. The lowest BCUT2D eigenvalue weighted by atomic mass is 10.4. The Morgan fingerprint density at radius 3 is 3.00 bits per heavy atom. The fourth-order valence-corrected chi connectivity index (χ4v) is 0.913. The second kappa shape index (κ2) is 4.76. The molecule has 0 fully saturated rings. The van der Waals surface area contributed by atoms with Crippen LogP contribution in [-0.2, 0) is 16.1 Å². The summed E-state index contributed by atoms with van der Waals surface area (Å²) in [6.45, 7) is 2.47. The number of esters is 1. The van der Waals surface area contributed by atoms with Gasteiger partial charge < -0.3 is 4.74 Å². The Labute approximate surface area is 79.8 Å². The molecule has 1 heterocycles. The van der Waals surface area contributed by atoms with E-state index in [9.17, 15) is 4.79 Å².